The van der Waals surface area contributed by atoms with E-state index in [4.69, 9.17) is 14.7 Å². The Balaban J connectivity index is 1.78. The van der Waals surface area contributed by atoms with Gasteiger partial charge in [-0.1, -0.05) is 18.7 Å². The zero-order valence-electron chi connectivity index (χ0n) is 16.8. The molecule has 9 heteroatoms. The van der Waals surface area contributed by atoms with Crippen molar-refractivity contribution in [3.8, 4) is 0 Å². The van der Waals surface area contributed by atoms with Gasteiger partial charge >= 0.3 is 0 Å². The number of fused-ring (bicyclic) bond motifs is 1. The van der Waals surface area contributed by atoms with Crippen molar-refractivity contribution < 1.29 is 9.53 Å². The Bertz CT molecular complexity index is 775. The Kier molecular flexibility index (Phi) is 7.90. The average Bonchev–Trinajstić information content (AvgIpc) is 3.13. The van der Waals surface area contributed by atoms with Gasteiger partial charge in [0.25, 0.3) is 0 Å². The molecule has 1 fully saturated rings. The van der Waals surface area contributed by atoms with Gasteiger partial charge < -0.3 is 15.0 Å². The van der Waals surface area contributed by atoms with E-state index >= 15 is 0 Å². The molecule has 0 saturated carbocycles. The Morgan fingerprint density at radius 2 is 2.07 bits per heavy atom. The molecule has 1 aliphatic rings. The number of nitrogens with one attached hydrogen (secondary N) is 1. The third-order valence-corrected chi connectivity index (χ3v) is 5.68. The van der Waals surface area contributed by atoms with Crippen LogP contribution in [0.2, 0.25) is 0 Å². The second-order valence-corrected chi connectivity index (χ2v) is 7.88. The maximum Gasteiger partial charge on any atom is 0.246 e. The third kappa shape index (κ3) is 5.35. The molecule has 0 atom stereocenters. The van der Waals surface area contributed by atoms with Gasteiger partial charge in [-0.3, -0.25) is 4.79 Å². The minimum atomic E-state index is -0.110. The molecule has 154 valence electrons. The third-order valence-electron chi connectivity index (χ3n) is 4.63. The van der Waals surface area contributed by atoms with E-state index in [-0.39, 0.29) is 12.5 Å². The molecule has 1 saturated heterocycles. The van der Waals surface area contributed by atoms with Crippen LogP contribution < -0.4 is 10.2 Å². The molecule has 0 radical (unpaired) electrons. The number of carbonyl (C=O) groups excluding carboxylic acids is 1. The average molecular weight is 407 g/mol. The van der Waals surface area contributed by atoms with Crippen LogP contribution in [0, 0.1) is 0 Å². The first-order valence-corrected chi connectivity index (χ1v) is 11.2. The normalized spacial score (nSPS) is 14.6. The van der Waals surface area contributed by atoms with Gasteiger partial charge in [0.15, 0.2) is 10.8 Å². The number of hydrogen-bond donors (Lipinski definition) is 1. The first kappa shape index (κ1) is 20.9. The van der Waals surface area contributed by atoms with E-state index < -0.39 is 0 Å². The summed E-state index contributed by atoms with van der Waals surface area (Å²) in [5.74, 6) is 1.88. The maximum absolute atomic E-state index is 11.7. The van der Waals surface area contributed by atoms with E-state index in [1.807, 2.05) is 17.8 Å². The molecule has 2 aromatic heterocycles. The summed E-state index contributed by atoms with van der Waals surface area (Å²) >= 11 is 1.69. The van der Waals surface area contributed by atoms with E-state index in [1.54, 1.807) is 11.8 Å². The summed E-state index contributed by atoms with van der Waals surface area (Å²) in [6.45, 7) is 7.77. The van der Waals surface area contributed by atoms with Crippen molar-refractivity contribution in [3.05, 3.63) is 6.20 Å². The monoisotopic (exact) mass is 406 g/mol. The SMILES string of the molecule is CCCSc1nc(N2CCCCC2)c2cnn(CCNC(=O)COCC)c2n1. The molecular weight excluding hydrogens is 376 g/mol. The van der Waals surface area contributed by atoms with Crippen molar-refractivity contribution in [1.29, 1.82) is 0 Å². The fraction of sp³-hybridized carbons (Fsp3) is 0.684. The highest BCUT2D eigenvalue weighted by Gasteiger charge is 2.20. The molecule has 3 heterocycles. The number of rotatable bonds is 10. The summed E-state index contributed by atoms with van der Waals surface area (Å²) in [4.78, 5) is 23.7. The predicted molar refractivity (Wildman–Crippen MR) is 112 cm³/mol. The standard InChI is InChI=1S/C19H30N6O2S/c1-3-12-28-19-22-17(24-9-6-5-7-10-24)15-13-21-25(18(15)23-19)11-8-20-16(26)14-27-4-2/h13H,3-12,14H2,1-2H3,(H,20,26). The summed E-state index contributed by atoms with van der Waals surface area (Å²) in [7, 11) is 0. The summed E-state index contributed by atoms with van der Waals surface area (Å²) in [6, 6.07) is 0. The van der Waals surface area contributed by atoms with Crippen LogP contribution in [0.25, 0.3) is 11.0 Å². The Morgan fingerprint density at radius 1 is 1.25 bits per heavy atom. The number of aromatic nitrogens is 4. The van der Waals surface area contributed by atoms with Crippen molar-refractivity contribution >= 4 is 34.5 Å². The Hall–Kier alpha value is -1.87. The number of carbonyl (C=O) groups is 1. The van der Waals surface area contributed by atoms with E-state index in [2.05, 4.69) is 22.2 Å². The first-order valence-electron chi connectivity index (χ1n) is 10.2. The number of hydrogen-bond acceptors (Lipinski definition) is 7. The highest BCUT2D eigenvalue weighted by molar-refractivity contribution is 7.99. The van der Waals surface area contributed by atoms with Gasteiger partial charge in [0.1, 0.15) is 12.4 Å². The zero-order valence-corrected chi connectivity index (χ0v) is 17.6. The fourth-order valence-electron chi connectivity index (χ4n) is 3.24. The summed E-state index contributed by atoms with van der Waals surface area (Å²) in [5.41, 5.74) is 0.841. The van der Waals surface area contributed by atoms with Crippen LogP contribution in [-0.2, 0) is 16.1 Å². The zero-order chi connectivity index (χ0) is 19.8. The second kappa shape index (κ2) is 10.6. The molecule has 28 heavy (non-hydrogen) atoms. The van der Waals surface area contributed by atoms with Crippen molar-refractivity contribution in [1.82, 2.24) is 25.1 Å². The summed E-state index contributed by atoms with van der Waals surface area (Å²) in [5, 5.41) is 9.18. The molecular formula is C19H30N6O2S. The molecule has 0 aliphatic carbocycles. The second-order valence-electron chi connectivity index (χ2n) is 6.82. The van der Waals surface area contributed by atoms with Gasteiger partial charge in [-0.05, 0) is 32.6 Å². The molecule has 0 aromatic carbocycles. The molecule has 1 aliphatic heterocycles. The van der Waals surface area contributed by atoms with Gasteiger partial charge in [-0.25, -0.2) is 14.6 Å². The largest absolute Gasteiger partial charge is 0.372 e. The molecule has 1 amide bonds. The number of nitrogens with zero attached hydrogens (tertiary/aromatic N) is 5. The first-order chi connectivity index (χ1) is 13.7. The molecule has 0 spiro atoms. The van der Waals surface area contributed by atoms with Crippen LogP contribution in [0.3, 0.4) is 0 Å². The molecule has 8 nitrogen and oxygen atoms in total. The van der Waals surface area contributed by atoms with Crippen LogP contribution in [0.15, 0.2) is 11.4 Å². The Morgan fingerprint density at radius 3 is 2.82 bits per heavy atom. The van der Waals surface area contributed by atoms with Gasteiger partial charge in [0.05, 0.1) is 18.1 Å². The quantitative estimate of drug-likeness (QED) is 0.479. The predicted octanol–water partition coefficient (Wildman–Crippen LogP) is 2.47. The van der Waals surface area contributed by atoms with Gasteiger partial charge in [0.2, 0.25) is 5.91 Å². The van der Waals surface area contributed by atoms with E-state index in [0.717, 1.165) is 47.3 Å². The van der Waals surface area contributed by atoms with Crippen molar-refractivity contribution in [2.45, 2.75) is 51.2 Å². The van der Waals surface area contributed by atoms with Crippen LogP contribution >= 0.6 is 11.8 Å². The molecule has 1 N–H and O–H groups in total. The molecule has 0 unspecified atom stereocenters. The molecule has 0 bridgehead atoms. The van der Waals surface area contributed by atoms with E-state index in [0.29, 0.717) is 19.7 Å². The lowest BCUT2D eigenvalue weighted by molar-refractivity contribution is -0.125. The van der Waals surface area contributed by atoms with Crippen LogP contribution in [0.5, 0.6) is 0 Å². The number of amides is 1. The smallest absolute Gasteiger partial charge is 0.246 e. The van der Waals surface area contributed by atoms with E-state index in [9.17, 15) is 4.79 Å². The molecule has 3 rings (SSSR count). The van der Waals surface area contributed by atoms with Gasteiger partial charge in [-0.15, -0.1) is 0 Å². The number of piperidine rings is 1. The topological polar surface area (TPSA) is 85.2 Å². The minimum absolute atomic E-state index is 0.0927. The summed E-state index contributed by atoms with van der Waals surface area (Å²) in [6.07, 6.45) is 6.61. The van der Waals surface area contributed by atoms with Gasteiger partial charge in [0, 0.05) is 32.0 Å². The lowest BCUT2D eigenvalue weighted by Crippen LogP contribution is -2.31. The van der Waals surface area contributed by atoms with Gasteiger partial charge in [-0.2, -0.15) is 5.10 Å². The van der Waals surface area contributed by atoms with Crippen LogP contribution in [0.4, 0.5) is 5.82 Å². The minimum Gasteiger partial charge on any atom is -0.372 e. The highest BCUT2D eigenvalue weighted by atomic mass is 32.2. The number of anilines is 1. The Labute approximate surface area is 170 Å². The van der Waals surface area contributed by atoms with Crippen molar-refractivity contribution in [2.75, 3.05) is 43.5 Å². The van der Waals surface area contributed by atoms with Crippen LogP contribution in [0.1, 0.15) is 39.5 Å². The summed E-state index contributed by atoms with van der Waals surface area (Å²) < 4.78 is 6.99. The van der Waals surface area contributed by atoms with E-state index in [1.165, 1.54) is 19.3 Å². The molecule has 2 aromatic rings. The lowest BCUT2D eigenvalue weighted by Gasteiger charge is -2.28. The van der Waals surface area contributed by atoms with Crippen molar-refractivity contribution in [2.24, 2.45) is 0 Å². The lowest BCUT2D eigenvalue weighted by atomic mass is 10.1. The van der Waals surface area contributed by atoms with Crippen molar-refractivity contribution in [3.63, 3.8) is 0 Å². The highest BCUT2D eigenvalue weighted by Crippen LogP contribution is 2.29. The fourth-order valence-corrected chi connectivity index (χ4v) is 3.93. The number of ether oxygens (including phenoxy) is 1. The van der Waals surface area contributed by atoms with Crippen LogP contribution in [-0.4, -0.2) is 64.3 Å². The number of thioether (sulfide) groups is 1. The maximum atomic E-state index is 11.7.